The van der Waals surface area contributed by atoms with Crippen molar-refractivity contribution in [1.82, 2.24) is 9.80 Å². The van der Waals surface area contributed by atoms with Crippen molar-refractivity contribution in [2.45, 2.75) is 70.4 Å². The molecule has 0 radical (unpaired) electrons. The molecule has 4 rings (SSSR count). The lowest BCUT2D eigenvalue weighted by Gasteiger charge is -2.36. The smallest absolute Gasteiger partial charge is 0.410 e. The predicted molar refractivity (Wildman–Crippen MR) is 123 cm³/mol. The Morgan fingerprint density at radius 2 is 1.78 bits per heavy atom. The zero-order chi connectivity index (χ0) is 22.9. The first-order chi connectivity index (χ1) is 15.2. The Hall–Kier alpha value is -2.08. The van der Waals surface area contributed by atoms with Gasteiger partial charge in [0.05, 0.1) is 13.0 Å². The van der Waals surface area contributed by atoms with Gasteiger partial charge in [0, 0.05) is 30.5 Å². The number of esters is 1. The van der Waals surface area contributed by atoms with Gasteiger partial charge in [-0.2, -0.15) is 0 Å². The number of methoxy groups -OCH3 is 1. The number of amides is 1. The van der Waals surface area contributed by atoms with Crippen molar-refractivity contribution in [3.8, 4) is 0 Å². The third-order valence-electron chi connectivity index (χ3n) is 7.16. The molecule has 3 aliphatic rings. The van der Waals surface area contributed by atoms with Crippen LogP contribution in [-0.2, 0) is 14.3 Å². The molecule has 0 bridgehead atoms. The van der Waals surface area contributed by atoms with E-state index in [4.69, 9.17) is 9.47 Å². The summed E-state index contributed by atoms with van der Waals surface area (Å²) in [7, 11) is 1.47. The Morgan fingerprint density at radius 3 is 2.34 bits per heavy atom. The highest BCUT2D eigenvalue weighted by atomic mass is 16.6. The summed E-state index contributed by atoms with van der Waals surface area (Å²) < 4.78 is 10.7. The Morgan fingerprint density at radius 1 is 1.12 bits per heavy atom. The number of rotatable bonds is 7. The number of carbonyl (C=O) groups is 2. The van der Waals surface area contributed by atoms with Crippen LogP contribution in [0.2, 0.25) is 0 Å². The summed E-state index contributed by atoms with van der Waals surface area (Å²) in [6, 6.07) is 10.7. The molecule has 1 saturated heterocycles. The quantitative estimate of drug-likeness (QED) is 0.584. The summed E-state index contributed by atoms with van der Waals surface area (Å²) in [4.78, 5) is 29.5. The van der Waals surface area contributed by atoms with Crippen LogP contribution in [0.1, 0.15) is 64.4 Å². The molecule has 32 heavy (non-hydrogen) atoms. The monoisotopic (exact) mass is 442 g/mol. The van der Waals surface area contributed by atoms with Crippen LogP contribution in [0.15, 0.2) is 30.3 Å². The van der Waals surface area contributed by atoms with Crippen molar-refractivity contribution in [3.05, 3.63) is 35.9 Å². The second-order valence-corrected chi connectivity index (χ2v) is 11.0. The lowest BCUT2D eigenvalue weighted by Crippen LogP contribution is -2.46. The van der Waals surface area contributed by atoms with Gasteiger partial charge in [0.25, 0.3) is 0 Å². The number of ether oxygens (including phenoxy) is 2. The van der Waals surface area contributed by atoms with Crippen LogP contribution in [0.3, 0.4) is 0 Å². The summed E-state index contributed by atoms with van der Waals surface area (Å²) in [5.41, 5.74) is 0.957. The Balaban J connectivity index is 1.40. The van der Waals surface area contributed by atoms with Crippen LogP contribution in [0, 0.1) is 11.3 Å². The van der Waals surface area contributed by atoms with Gasteiger partial charge in [-0.1, -0.05) is 30.3 Å². The molecule has 6 nitrogen and oxygen atoms in total. The van der Waals surface area contributed by atoms with Gasteiger partial charge in [-0.05, 0) is 71.5 Å². The normalized spacial score (nSPS) is 25.1. The highest BCUT2D eigenvalue weighted by molar-refractivity contribution is 5.72. The average molecular weight is 443 g/mol. The molecule has 2 saturated carbocycles. The van der Waals surface area contributed by atoms with Gasteiger partial charge in [-0.25, -0.2) is 4.79 Å². The summed E-state index contributed by atoms with van der Waals surface area (Å²) in [6.45, 7) is 9.39. The minimum Gasteiger partial charge on any atom is -0.469 e. The van der Waals surface area contributed by atoms with Crippen LogP contribution in [0.4, 0.5) is 4.79 Å². The van der Waals surface area contributed by atoms with Crippen molar-refractivity contribution in [2.24, 2.45) is 11.3 Å². The van der Waals surface area contributed by atoms with E-state index in [1.54, 1.807) is 0 Å². The van der Waals surface area contributed by atoms with Gasteiger partial charge < -0.3 is 19.3 Å². The Bertz CT molecular complexity index is 807. The van der Waals surface area contributed by atoms with E-state index in [0.717, 1.165) is 58.3 Å². The first-order valence-electron chi connectivity index (χ1n) is 12.0. The average Bonchev–Trinajstić information content (AvgIpc) is 3.68. The fourth-order valence-corrected chi connectivity index (χ4v) is 5.09. The summed E-state index contributed by atoms with van der Waals surface area (Å²) in [6.07, 6.45) is 4.83. The molecule has 0 aromatic heterocycles. The van der Waals surface area contributed by atoms with Crippen molar-refractivity contribution in [3.63, 3.8) is 0 Å². The fourth-order valence-electron chi connectivity index (χ4n) is 5.09. The first-order valence-corrected chi connectivity index (χ1v) is 12.0. The molecular weight excluding hydrogens is 404 g/mol. The van der Waals surface area contributed by atoms with Gasteiger partial charge in [0.1, 0.15) is 5.60 Å². The van der Waals surface area contributed by atoms with Crippen molar-refractivity contribution < 1.29 is 19.1 Å². The molecular formula is C26H38N2O4. The van der Waals surface area contributed by atoms with E-state index in [0.29, 0.717) is 5.92 Å². The molecule has 3 fully saturated rings. The maximum absolute atomic E-state index is 13.2. The first kappa shape index (κ1) is 23.1. The van der Waals surface area contributed by atoms with E-state index in [2.05, 4.69) is 29.2 Å². The number of piperidine rings is 1. The number of likely N-dealkylation sites (tertiary alicyclic amines) is 1. The highest BCUT2D eigenvalue weighted by Gasteiger charge is 2.52. The molecule has 2 atom stereocenters. The molecule has 1 aliphatic heterocycles. The summed E-state index contributed by atoms with van der Waals surface area (Å²) in [5.74, 6) is 0.348. The second kappa shape index (κ2) is 9.05. The summed E-state index contributed by atoms with van der Waals surface area (Å²) >= 11 is 0. The van der Waals surface area contributed by atoms with E-state index in [-0.39, 0.29) is 29.4 Å². The molecule has 1 aromatic rings. The maximum Gasteiger partial charge on any atom is 0.410 e. The predicted octanol–water partition coefficient (Wildman–Crippen LogP) is 4.44. The molecule has 2 aliphatic carbocycles. The minimum atomic E-state index is -0.501. The van der Waals surface area contributed by atoms with E-state index >= 15 is 0 Å². The van der Waals surface area contributed by atoms with E-state index in [1.807, 2.05) is 31.7 Å². The molecule has 1 aromatic carbocycles. The molecule has 0 N–H and O–H groups in total. The maximum atomic E-state index is 13.2. The van der Waals surface area contributed by atoms with Crippen LogP contribution in [0.25, 0.3) is 0 Å². The molecule has 1 heterocycles. The highest BCUT2D eigenvalue weighted by Crippen LogP contribution is 2.51. The van der Waals surface area contributed by atoms with Crippen LogP contribution in [0.5, 0.6) is 0 Å². The molecule has 0 unspecified atom stereocenters. The van der Waals surface area contributed by atoms with Gasteiger partial charge >= 0.3 is 12.1 Å². The molecule has 6 heteroatoms. The zero-order valence-corrected chi connectivity index (χ0v) is 20.0. The lowest BCUT2D eigenvalue weighted by atomic mass is 9.95. The minimum absolute atomic E-state index is 0.0303. The lowest BCUT2D eigenvalue weighted by molar-refractivity contribution is -0.147. The van der Waals surface area contributed by atoms with Crippen LogP contribution in [-0.4, -0.2) is 66.8 Å². The largest absolute Gasteiger partial charge is 0.469 e. The van der Waals surface area contributed by atoms with Gasteiger partial charge in [0.2, 0.25) is 0 Å². The number of nitrogens with zero attached hydrogens (tertiary/aromatic N) is 2. The molecule has 176 valence electrons. The topological polar surface area (TPSA) is 59.1 Å². The Kier molecular flexibility index (Phi) is 6.53. The van der Waals surface area contributed by atoms with Crippen molar-refractivity contribution in [2.75, 3.05) is 33.3 Å². The number of benzene rings is 1. The Labute approximate surface area is 192 Å². The summed E-state index contributed by atoms with van der Waals surface area (Å²) in [5, 5.41) is 0. The second-order valence-electron chi connectivity index (χ2n) is 11.0. The van der Waals surface area contributed by atoms with Gasteiger partial charge in [-0.15, -0.1) is 0 Å². The van der Waals surface area contributed by atoms with E-state index < -0.39 is 5.60 Å². The van der Waals surface area contributed by atoms with Crippen molar-refractivity contribution >= 4 is 12.1 Å². The number of carbonyl (C=O) groups excluding carboxylic acids is 2. The van der Waals surface area contributed by atoms with Crippen LogP contribution < -0.4 is 0 Å². The van der Waals surface area contributed by atoms with Gasteiger partial charge in [-0.3, -0.25) is 4.79 Å². The van der Waals surface area contributed by atoms with E-state index in [1.165, 1.54) is 12.7 Å². The number of hydrogen-bond donors (Lipinski definition) is 0. The fraction of sp³-hybridized carbons (Fsp3) is 0.692. The zero-order valence-electron chi connectivity index (χ0n) is 20.0. The van der Waals surface area contributed by atoms with Gasteiger partial charge in [0.15, 0.2) is 0 Å². The standard InChI is InChI=1S/C26H38N2O4/c1-25(2,3)32-24(30)28(22-16-21(22)19-8-6-5-7-9-19)18-26(12-13-26)17-27-14-10-20(11-15-27)23(29)31-4/h5-9,20-22H,10-18H2,1-4H3/t21-,22+/m1/s1. The van der Waals surface area contributed by atoms with Crippen LogP contribution >= 0.6 is 0 Å². The van der Waals surface area contributed by atoms with Crippen molar-refractivity contribution in [1.29, 1.82) is 0 Å². The third-order valence-corrected chi connectivity index (χ3v) is 7.16. The molecule has 0 spiro atoms. The number of hydrogen-bond acceptors (Lipinski definition) is 5. The van der Waals surface area contributed by atoms with E-state index in [9.17, 15) is 9.59 Å². The SMILES string of the molecule is COC(=O)C1CCN(CC2(CN(C(=O)OC(C)(C)C)[C@H]3C[C@@H]3c3ccccc3)CC2)CC1. The molecule has 1 amide bonds. The third kappa shape index (κ3) is 5.64.